The molecule has 106 valence electrons. The van der Waals surface area contributed by atoms with Crippen LogP contribution in [0.4, 0.5) is 21.5 Å². The lowest BCUT2D eigenvalue weighted by atomic mass is 10.1. The minimum atomic E-state index is -0.352. The Hall–Kier alpha value is -2.82. The molecule has 0 fully saturated rings. The third-order valence-corrected chi connectivity index (χ3v) is 3.29. The predicted octanol–water partition coefficient (Wildman–Crippen LogP) is 3.71. The number of nitrogens with two attached hydrogens (primary N) is 1. The maximum Gasteiger partial charge on any atom is 0.146 e. The molecule has 0 atom stereocenters. The minimum Gasteiger partial charge on any atom is -0.497 e. The lowest BCUT2D eigenvalue weighted by molar-refractivity contribution is 0.414. The van der Waals surface area contributed by atoms with E-state index in [1.165, 1.54) is 6.07 Å². The van der Waals surface area contributed by atoms with Crippen LogP contribution < -0.4 is 15.8 Å². The van der Waals surface area contributed by atoms with E-state index in [-0.39, 0.29) is 5.82 Å². The molecule has 0 amide bonds. The summed E-state index contributed by atoms with van der Waals surface area (Å²) in [6.07, 6.45) is 3.37. The Labute approximate surface area is 121 Å². The predicted molar refractivity (Wildman–Crippen MR) is 82.4 cm³/mol. The number of ether oxygens (including phenoxy) is 1. The van der Waals surface area contributed by atoms with Crippen LogP contribution in [0.3, 0.4) is 0 Å². The van der Waals surface area contributed by atoms with E-state index in [4.69, 9.17) is 10.5 Å². The second-order valence-corrected chi connectivity index (χ2v) is 4.59. The van der Waals surface area contributed by atoms with Gasteiger partial charge in [-0.15, -0.1) is 0 Å². The maximum atomic E-state index is 13.9. The first kappa shape index (κ1) is 13.2. The number of halogens is 1. The SMILES string of the molecule is COc1ccc(F)c(Nc2ccc(N)c3cnccc23)c1. The van der Waals surface area contributed by atoms with Crippen molar-refractivity contribution in [3.63, 3.8) is 0 Å². The van der Waals surface area contributed by atoms with Crippen LogP contribution in [0.25, 0.3) is 10.8 Å². The summed E-state index contributed by atoms with van der Waals surface area (Å²) < 4.78 is 19.0. The van der Waals surface area contributed by atoms with E-state index in [1.807, 2.05) is 12.1 Å². The summed E-state index contributed by atoms with van der Waals surface area (Å²) in [5, 5.41) is 4.79. The van der Waals surface area contributed by atoms with Crippen molar-refractivity contribution in [2.24, 2.45) is 0 Å². The Morgan fingerprint density at radius 2 is 1.95 bits per heavy atom. The van der Waals surface area contributed by atoms with Crippen LogP contribution in [0.2, 0.25) is 0 Å². The van der Waals surface area contributed by atoms with Crippen LogP contribution in [-0.4, -0.2) is 12.1 Å². The number of methoxy groups -OCH3 is 1. The van der Waals surface area contributed by atoms with E-state index in [2.05, 4.69) is 10.3 Å². The fourth-order valence-corrected chi connectivity index (χ4v) is 2.19. The Morgan fingerprint density at radius 3 is 2.76 bits per heavy atom. The van der Waals surface area contributed by atoms with Crippen molar-refractivity contribution in [1.82, 2.24) is 4.98 Å². The molecule has 0 unspecified atom stereocenters. The Balaban J connectivity index is 2.08. The average molecular weight is 283 g/mol. The van der Waals surface area contributed by atoms with Gasteiger partial charge in [0.2, 0.25) is 0 Å². The highest BCUT2D eigenvalue weighted by atomic mass is 19.1. The van der Waals surface area contributed by atoms with Crippen LogP contribution in [0.15, 0.2) is 48.8 Å². The number of rotatable bonds is 3. The van der Waals surface area contributed by atoms with E-state index in [1.54, 1.807) is 37.7 Å². The fourth-order valence-electron chi connectivity index (χ4n) is 2.19. The highest BCUT2D eigenvalue weighted by Crippen LogP contribution is 2.31. The number of fused-ring (bicyclic) bond motifs is 1. The molecule has 0 aliphatic rings. The first-order valence-corrected chi connectivity index (χ1v) is 6.42. The van der Waals surface area contributed by atoms with Crippen molar-refractivity contribution in [3.05, 3.63) is 54.6 Å². The topological polar surface area (TPSA) is 60.2 Å². The zero-order chi connectivity index (χ0) is 14.8. The van der Waals surface area contributed by atoms with Gasteiger partial charge in [0.25, 0.3) is 0 Å². The van der Waals surface area contributed by atoms with Gasteiger partial charge >= 0.3 is 0 Å². The number of hydrogen-bond acceptors (Lipinski definition) is 4. The maximum absolute atomic E-state index is 13.9. The normalized spacial score (nSPS) is 10.6. The third kappa shape index (κ3) is 2.45. The van der Waals surface area contributed by atoms with Crippen LogP contribution in [-0.2, 0) is 0 Å². The number of pyridine rings is 1. The fraction of sp³-hybridized carbons (Fsp3) is 0.0625. The number of benzene rings is 2. The van der Waals surface area contributed by atoms with Crippen molar-refractivity contribution >= 4 is 27.8 Å². The van der Waals surface area contributed by atoms with E-state index in [9.17, 15) is 4.39 Å². The van der Waals surface area contributed by atoms with Gasteiger partial charge in [0, 0.05) is 40.6 Å². The molecule has 3 N–H and O–H groups in total. The summed E-state index contributed by atoms with van der Waals surface area (Å²) in [5.74, 6) is 0.232. The standard InChI is InChI=1S/C16H14FN3O/c1-21-10-2-3-13(17)16(8-10)20-15-5-4-14(18)12-9-19-7-6-11(12)15/h2-9,20H,18H2,1H3. The number of aromatic nitrogens is 1. The van der Waals surface area contributed by atoms with Gasteiger partial charge in [0.05, 0.1) is 12.8 Å². The largest absolute Gasteiger partial charge is 0.497 e. The molecule has 1 aromatic heterocycles. The molecule has 3 rings (SSSR count). The summed E-state index contributed by atoms with van der Waals surface area (Å²) in [6.45, 7) is 0. The van der Waals surface area contributed by atoms with Crippen LogP contribution >= 0.6 is 0 Å². The summed E-state index contributed by atoms with van der Waals surface area (Å²) >= 11 is 0. The van der Waals surface area contributed by atoms with Gasteiger partial charge in [0.1, 0.15) is 11.6 Å². The summed E-state index contributed by atoms with van der Waals surface area (Å²) in [7, 11) is 1.54. The van der Waals surface area contributed by atoms with Crippen LogP contribution in [0, 0.1) is 5.82 Å². The summed E-state index contributed by atoms with van der Waals surface area (Å²) in [5.41, 5.74) is 7.67. The third-order valence-electron chi connectivity index (χ3n) is 3.29. The molecule has 4 nitrogen and oxygen atoms in total. The Morgan fingerprint density at radius 1 is 1.10 bits per heavy atom. The first-order valence-electron chi connectivity index (χ1n) is 6.42. The number of nitrogens with zero attached hydrogens (tertiary/aromatic N) is 1. The molecule has 2 aromatic carbocycles. The van der Waals surface area contributed by atoms with Gasteiger partial charge < -0.3 is 15.8 Å². The minimum absolute atomic E-state index is 0.345. The van der Waals surface area contributed by atoms with Gasteiger partial charge in [0.15, 0.2) is 0 Å². The molecule has 0 bridgehead atoms. The Kier molecular flexibility index (Phi) is 3.31. The van der Waals surface area contributed by atoms with Crippen molar-refractivity contribution < 1.29 is 9.13 Å². The van der Waals surface area contributed by atoms with Crippen molar-refractivity contribution in [3.8, 4) is 5.75 Å². The lowest BCUT2D eigenvalue weighted by Crippen LogP contribution is -1.97. The van der Waals surface area contributed by atoms with E-state index >= 15 is 0 Å². The monoisotopic (exact) mass is 283 g/mol. The average Bonchev–Trinajstić information content (AvgIpc) is 2.52. The lowest BCUT2D eigenvalue weighted by Gasteiger charge is -2.12. The highest BCUT2D eigenvalue weighted by Gasteiger charge is 2.08. The van der Waals surface area contributed by atoms with Crippen LogP contribution in [0.1, 0.15) is 0 Å². The van der Waals surface area contributed by atoms with Crippen LogP contribution in [0.5, 0.6) is 5.75 Å². The molecule has 0 aliphatic carbocycles. The molecule has 0 spiro atoms. The number of nitrogens with one attached hydrogen (secondary N) is 1. The highest BCUT2D eigenvalue weighted by molar-refractivity contribution is 6.01. The molecule has 0 aliphatic heterocycles. The molecule has 0 saturated heterocycles. The molecule has 0 saturated carbocycles. The molecular weight excluding hydrogens is 269 g/mol. The molecule has 3 aromatic rings. The van der Waals surface area contributed by atoms with E-state index < -0.39 is 0 Å². The number of nitrogen functional groups attached to an aromatic ring is 1. The van der Waals surface area contributed by atoms with Crippen molar-refractivity contribution in [2.75, 3.05) is 18.2 Å². The van der Waals surface area contributed by atoms with E-state index in [0.29, 0.717) is 17.1 Å². The zero-order valence-electron chi connectivity index (χ0n) is 11.4. The van der Waals surface area contributed by atoms with Gasteiger partial charge in [-0.1, -0.05) is 0 Å². The molecular formula is C16H14FN3O. The molecule has 21 heavy (non-hydrogen) atoms. The van der Waals surface area contributed by atoms with E-state index in [0.717, 1.165) is 16.5 Å². The summed E-state index contributed by atoms with van der Waals surface area (Å²) in [4.78, 5) is 4.06. The van der Waals surface area contributed by atoms with Gasteiger partial charge in [-0.25, -0.2) is 4.39 Å². The van der Waals surface area contributed by atoms with Gasteiger partial charge in [-0.05, 0) is 30.3 Å². The second-order valence-electron chi connectivity index (χ2n) is 4.59. The second kappa shape index (κ2) is 5.28. The quantitative estimate of drug-likeness (QED) is 0.719. The molecule has 5 heteroatoms. The van der Waals surface area contributed by atoms with Crippen molar-refractivity contribution in [2.45, 2.75) is 0 Å². The van der Waals surface area contributed by atoms with Gasteiger partial charge in [-0.3, -0.25) is 4.98 Å². The van der Waals surface area contributed by atoms with Gasteiger partial charge in [-0.2, -0.15) is 0 Å². The Bertz CT molecular complexity index is 805. The zero-order valence-corrected chi connectivity index (χ0v) is 11.4. The van der Waals surface area contributed by atoms with Crippen molar-refractivity contribution in [1.29, 1.82) is 0 Å². The first-order chi connectivity index (χ1) is 10.2. The summed E-state index contributed by atoms with van der Waals surface area (Å²) in [6, 6.07) is 9.97. The number of anilines is 3. The smallest absolute Gasteiger partial charge is 0.146 e. The number of hydrogen-bond donors (Lipinski definition) is 2. The molecule has 1 heterocycles. The molecule has 0 radical (unpaired) electrons.